The van der Waals surface area contributed by atoms with Gasteiger partial charge in [0, 0.05) is 12.2 Å². The van der Waals surface area contributed by atoms with Gasteiger partial charge in [-0.15, -0.1) is 10.3 Å². The third-order valence-corrected chi connectivity index (χ3v) is 9.80. The summed E-state index contributed by atoms with van der Waals surface area (Å²) >= 11 is 5.97. The molecule has 206 valence electrons. The molecule has 1 amide bonds. The summed E-state index contributed by atoms with van der Waals surface area (Å²) in [7, 11) is -8.03. The van der Waals surface area contributed by atoms with Gasteiger partial charge < -0.3 is 15.3 Å². The predicted octanol–water partition coefficient (Wildman–Crippen LogP) is 0.800. The number of rotatable bonds is 5. The maximum atomic E-state index is 13.9. The molecule has 4 aliphatic rings. The molecule has 2 saturated carbocycles. The van der Waals surface area contributed by atoms with Crippen molar-refractivity contribution < 1.29 is 50.0 Å². The number of aliphatic hydroxyl groups excluding tert-OH is 1. The van der Waals surface area contributed by atoms with Gasteiger partial charge in [-0.3, -0.25) is 9.52 Å². The van der Waals surface area contributed by atoms with Gasteiger partial charge in [0.05, 0.1) is 22.7 Å². The van der Waals surface area contributed by atoms with Crippen LogP contribution in [0.3, 0.4) is 0 Å². The Labute approximate surface area is 248 Å². The molecule has 40 heavy (non-hydrogen) atoms. The van der Waals surface area contributed by atoms with Crippen LogP contribution in [-0.2, 0) is 31.4 Å². The molecule has 3 atom stereocenters. The first kappa shape index (κ1) is 28.9. The van der Waals surface area contributed by atoms with E-state index in [1.807, 2.05) is 0 Å². The first-order chi connectivity index (χ1) is 18.3. The van der Waals surface area contributed by atoms with Crippen LogP contribution in [-0.4, -0.2) is 44.8 Å². The third kappa shape index (κ3) is 4.92. The number of carbonyl (C=O) groups excluding carboxylic acids is 1. The summed E-state index contributed by atoms with van der Waals surface area (Å²) in [5.74, 6) is -2.06. The molecule has 0 unspecified atom stereocenters. The zero-order valence-electron chi connectivity index (χ0n) is 21.5. The smallest absolute Gasteiger partial charge is 0.514 e. The Morgan fingerprint density at radius 1 is 1.25 bits per heavy atom. The zero-order chi connectivity index (χ0) is 27.9. The summed E-state index contributed by atoms with van der Waals surface area (Å²) in [6.07, 6.45) is 3.46. The Morgan fingerprint density at radius 2 is 2.00 bits per heavy atom. The molecule has 2 aliphatic heterocycles. The molecule has 10 nitrogen and oxygen atoms in total. The molecule has 2 aromatic carbocycles. The SMILES string of the molecule is CS(=O)(=O)Nc1ccc2c(c1)S(=O)(=O)N=C(C1=C(O)[C@H]3[C-]([C@@H]4CC[C@H]3C4)N(Cc3ccc(F)c(Cl)c3)C1=O)N2.[Li+]. The van der Waals surface area contributed by atoms with Gasteiger partial charge in [0.15, 0.2) is 5.84 Å². The summed E-state index contributed by atoms with van der Waals surface area (Å²) in [6.45, 7) is 0.0573. The van der Waals surface area contributed by atoms with Gasteiger partial charge in [-0.2, -0.15) is 8.42 Å². The second kappa shape index (κ2) is 10.1. The van der Waals surface area contributed by atoms with E-state index < -0.39 is 37.7 Å². The van der Waals surface area contributed by atoms with E-state index in [-0.39, 0.29) is 75.7 Å². The Hall–Kier alpha value is -2.56. The Balaban J connectivity index is 0.00000323. The standard InChI is InChI=1S/C25H23ClFN4O6S2.Li/c1-38(34,35)29-15-5-7-18-19(10-15)39(36,37)30-24(28-18)21-23(32)20-13-3-4-14(9-13)22(20)31(25(21)33)11-12-2-6-17(27)16(26)8-12;/h2,5-8,10,13-14,20,29,32H,3-4,9,11H2,1H3,(H,28,30);/q-1;+1/t13-,14+,20+;/m0./s1. The Kier molecular flexibility index (Phi) is 7.28. The maximum absolute atomic E-state index is 13.9. The number of anilines is 2. The van der Waals surface area contributed by atoms with Crippen LogP contribution in [0.5, 0.6) is 0 Å². The number of hydrogen-bond acceptors (Lipinski definition) is 7. The van der Waals surface area contributed by atoms with Crippen LogP contribution in [0, 0.1) is 29.6 Å². The second-order valence-corrected chi connectivity index (χ2v) is 13.9. The van der Waals surface area contributed by atoms with E-state index in [4.69, 9.17) is 11.6 Å². The van der Waals surface area contributed by atoms with Crippen LogP contribution in [0.2, 0.25) is 5.02 Å². The minimum atomic E-state index is -4.38. The summed E-state index contributed by atoms with van der Waals surface area (Å²) < 4.78 is 69.3. The van der Waals surface area contributed by atoms with Gasteiger partial charge in [0.2, 0.25) is 15.9 Å². The van der Waals surface area contributed by atoms with Crippen molar-refractivity contribution in [2.75, 3.05) is 16.3 Å². The van der Waals surface area contributed by atoms with Crippen LogP contribution in [0.25, 0.3) is 0 Å². The van der Waals surface area contributed by atoms with Crippen molar-refractivity contribution in [1.29, 1.82) is 0 Å². The monoisotopic (exact) mass is 600 g/mol. The van der Waals surface area contributed by atoms with Crippen molar-refractivity contribution in [3.63, 3.8) is 0 Å². The van der Waals surface area contributed by atoms with Crippen LogP contribution in [0.15, 0.2) is 57.0 Å². The van der Waals surface area contributed by atoms with E-state index in [2.05, 4.69) is 14.4 Å². The molecule has 2 bridgehead atoms. The number of carbonyl (C=O) groups is 1. The minimum Gasteiger partial charge on any atom is -0.514 e. The molecule has 0 radical (unpaired) electrons. The van der Waals surface area contributed by atoms with Crippen molar-refractivity contribution in [2.45, 2.75) is 30.7 Å². The third-order valence-electron chi connectivity index (χ3n) is 7.59. The number of aliphatic hydroxyl groups is 1. The summed E-state index contributed by atoms with van der Waals surface area (Å²) in [5, 5.41) is 14.1. The molecule has 2 aliphatic carbocycles. The molecule has 6 rings (SSSR count). The zero-order valence-corrected chi connectivity index (χ0v) is 23.9. The van der Waals surface area contributed by atoms with E-state index >= 15 is 0 Å². The molecule has 2 aromatic rings. The summed E-state index contributed by atoms with van der Waals surface area (Å²) in [5.41, 5.74) is 0.428. The van der Waals surface area contributed by atoms with Crippen LogP contribution >= 0.6 is 11.6 Å². The maximum Gasteiger partial charge on any atom is 1.00 e. The number of benzene rings is 2. The number of amides is 1. The number of halogens is 2. The number of fused-ring (bicyclic) bond motifs is 6. The number of nitrogens with zero attached hydrogens (tertiary/aromatic N) is 2. The van der Waals surface area contributed by atoms with Gasteiger partial charge in [-0.05, 0) is 35.9 Å². The molecule has 0 saturated heterocycles. The van der Waals surface area contributed by atoms with Crippen molar-refractivity contribution in [3.8, 4) is 0 Å². The summed E-state index contributed by atoms with van der Waals surface area (Å²) in [4.78, 5) is 15.2. The number of amidine groups is 1. The number of nitrogens with one attached hydrogen (secondary N) is 2. The fourth-order valence-corrected chi connectivity index (χ4v) is 8.01. The van der Waals surface area contributed by atoms with Crippen molar-refractivity contribution >= 4 is 54.8 Å². The fourth-order valence-electron chi connectivity index (χ4n) is 6.10. The summed E-state index contributed by atoms with van der Waals surface area (Å²) in [6, 6.07) is 8.80. The van der Waals surface area contributed by atoms with E-state index in [1.54, 1.807) is 0 Å². The largest absolute Gasteiger partial charge is 1.00 e. The first-order valence-electron chi connectivity index (χ1n) is 12.1. The van der Waals surface area contributed by atoms with Crippen molar-refractivity contribution in [1.82, 2.24) is 4.90 Å². The van der Waals surface area contributed by atoms with Crippen LogP contribution < -0.4 is 28.9 Å². The van der Waals surface area contributed by atoms with Gasteiger partial charge in [0.25, 0.3) is 10.0 Å². The predicted molar refractivity (Wildman–Crippen MR) is 142 cm³/mol. The van der Waals surface area contributed by atoms with E-state index in [1.165, 1.54) is 35.2 Å². The number of sulfonamides is 2. The molecule has 0 aromatic heterocycles. The molecule has 0 spiro atoms. The van der Waals surface area contributed by atoms with Gasteiger partial charge >= 0.3 is 18.9 Å². The van der Waals surface area contributed by atoms with E-state index in [0.29, 0.717) is 5.56 Å². The van der Waals surface area contributed by atoms with E-state index in [9.17, 15) is 31.1 Å². The molecule has 2 fully saturated rings. The van der Waals surface area contributed by atoms with Crippen molar-refractivity contribution in [3.05, 3.63) is 70.2 Å². The van der Waals surface area contributed by atoms with Gasteiger partial charge in [-0.1, -0.05) is 48.8 Å². The van der Waals surface area contributed by atoms with Gasteiger partial charge in [0.1, 0.15) is 16.3 Å². The molecule has 2 heterocycles. The Morgan fingerprint density at radius 3 is 2.70 bits per heavy atom. The number of hydrogen-bond donors (Lipinski definition) is 3. The first-order valence-corrected chi connectivity index (χ1v) is 15.8. The molecular formula is C25H23ClFLiN4O6S2. The second-order valence-electron chi connectivity index (χ2n) is 10.2. The minimum absolute atomic E-state index is 0. The van der Waals surface area contributed by atoms with Crippen molar-refractivity contribution in [2.24, 2.45) is 22.2 Å². The van der Waals surface area contributed by atoms with E-state index in [0.717, 1.165) is 37.6 Å². The fraction of sp³-hybridized carbons (Fsp3) is 0.320. The van der Waals surface area contributed by atoms with Gasteiger partial charge in [-0.25, -0.2) is 18.9 Å². The normalized spacial score (nSPS) is 25.1. The topological polar surface area (TPSA) is 145 Å². The quantitative estimate of drug-likeness (QED) is 0.340. The van der Waals surface area contributed by atoms with Crippen LogP contribution in [0.4, 0.5) is 15.8 Å². The molecule has 15 heteroatoms. The van der Waals surface area contributed by atoms with Crippen LogP contribution in [0.1, 0.15) is 24.8 Å². The Bertz CT molecular complexity index is 1720. The average molecular weight is 601 g/mol. The molecular weight excluding hydrogens is 578 g/mol. The average Bonchev–Trinajstić information content (AvgIpc) is 3.46. The molecule has 3 N–H and O–H groups in total.